The summed E-state index contributed by atoms with van der Waals surface area (Å²) in [6.45, 7) is 7.73. The molecular weight excluding hydrogens is 703 g/mol. The van der Waals surface area contributed by atoms with E-state index in [0.717, 1.165) is 23.1 Å². The van der Waals surface area contributed by atoms with Crippen LogP contribution in [0.4, 0.5) is 0 Å². The number of benzene rings is 3. The van der Waals surface area contributed by atoms with Crippen LogP contribution in [0.25, 0.3) is 11.1 Å². The van der Waals surface area contributed by atoms with Gasteiger partial charge in [-0.15, -0.1) is 0 Å². The van der Waals surface area contributed by atoms with Gasteiger partial charge in [0, 0.05) is 37.8 Å². The molecule has 13 heteroatoms. The van der Waals surface area contributed by atoms with Crippen LogP contribution in [0.15, 0.2) is 82.6 Å². The standard InChI is InChI=1S/C39H53N3O8S2/c1-4-37(2,3)41-24-31-14-13-30(29-9-6-5-7-10-29)21-36(31)52(47,48)42-19-17-38(18-20-42)23-32(26-50-38)40-25-33(44)27-49-34-11-8-12-35(22-34)51(45,46)39(28-43)15-16-39/h5-14,21-22,32-33,40-41,43-44H,4,15-20,23-28H2,1-3H3. The lowest BCUT2D eigenvalue weighted by Gasteiger charge is -2.38. The fraction of sp³-hybridized carbons (Fsp3) is 0.538. The van der Waals surface area contributed by atoms with E-state index in [2.05, 4.69) is 31.4 Å². The molecule has 3 aliphatic rings. The van der Waals surface area contributed by atoms with E-state index in [4.69, 9.17) is 9.47 Å². The van der Waals surface area contributed by atoms with Crippen molar-refractivity contribution >= 4 is 19.9 Å². The highest BCUT2D eigenvalue weighted by Gasteiger charge is 2.54. The number of nitrogens with one attached hydrogen (secondary N) is 2. The number of rotatable bonds is 16. The summed E-state index contributed by atoms with van der Waals surface area (Å²) in [5.74, 6) is 0.332. The van der Waals surface area contributed by atoms with Crippen molar-refractivity contribution in [1.82, 2.24) is 14.9 Å². The Kier molecular flexibility index (Phi) is 11.5. The molecule has 0 radical (unpaired) electrons. The van der Waals surface area contributed by atoms with Crippen LogP contribution in [0.3, 0.4) is 0 Å². The molecule has 11 nitrogen and oxygen atoms in total. The summed E-state index contributed by atoms with van der Waals surface area (Å²) in [4.78, 5) is 0.434. The number of piperidine rings is 1. The molecule has 0 bridgehead atoms. The molecule has 1 spiro atoms. The summed E-state index contributed by atoms with van der Waals surface area (Å²) in [7, 11) is -7.47. The van der Waals surface area contributed by atoms with Gasteiger partial charge >= 0.3 is 0 Å². The van der Waals surface area contributed by atoms with Crippen molar-refractivity contribution in [2.24, 2.45) is 0 Å². The second kappa shape index (κ2) is 15.5. The van der Waals surface area contributed by atoms with E-state index in [1.54, 1.807) is 16.4 Å². The molecule has 4 N–H and O–H groups in total. The minimum atomic E-state index is -3.79. The Labute approximate surface area is 308 Å². The zero-order valence-corrected chi connectivity index (χ0v) is 32.0. The summed E-state index contributed by atoms with van der Waals surface area (Å²) in [5, 5.41) is 27.2. The number of aliphatic hydroxyl groups is 2. The Balaban J connectivity index is 1.03. The molecule has 2 aliphatic heterocycles. The normalized spacial score (nSPS) is 20.9. The van der Waals surface area contributed by atoms with Crippen LogP contribution < -0.4 is 15.4 Å². The predicted molar refractivity (Wildman–Crippen MR) is 200 cm³/mol. The van der Waals surface area contributed by atoms with E-state index in [1.807, 2.05) is 48.5 Å². The van der Waals surface area contributed by atoms with Crippen molar-refractivity contribution in [3.63, 3.8) is 0 Å². The third-order valence-corrected chi connectivity index (χ3v) is 15.7. The van der Waals surface area contributed by atoms with Crippen LogP contribution in [0.5, 0.6) is 5.75 Å². The van der Waals surface area contributed by atoms with Crippen LogP contribution in [0.2, 0.25) is 0 Å². The lowest BCUT2D eigenvalue weighted by atomic mass is 9.88. The molecule has 2 unspecified atom stereocenters. The van der Waals surface area contributed by atoms with Gasteiger partial charge in [0.05, 0.1) is 33.4 Å². The zero-order chi connectivity index (χ0) is 37.2. The molecule has 0 aromatic heterocycles. The Morgan fingerprint density at radius 1 is 0.962 bits per heavy atom. The Hall–Kier alpha value is -2.88. The third-order valence-electron chi connectivity index (χ3n) is 11.1. The van der Waals surface area contributed by atoms with Crippen LogP contribution in [0, 0.1) is 0 Å². The van der Waals surface area contributed by atoms with Crippen LogP contribution in [-0.2, 0) is 31.1 Å². The monoisotopic (exact) mass is 755 g/mol. The second-order valence-corrected chi connectivity index (χ2v) is 19.5. The number of hydrogen-bond acceptors (Lipinski definition) is 10. The molecule has 2 saturated heterocycles. The Morgan fingerprint density at radius 3 is 2.37 bits per heavy atom. The van der Waals surface area contributed by atoms with E-state index in [9.17, 15) is 27.0 Å². The van der Waals surface area contributed by atoms with Crippen LogP contribution in [0.1, 0.15) is 64.9 Å². The van der Waals surface area contributed by atoms with Gasteiger partial charge in [-0.1, -0.05) is 55.5 Å². The number of aliphatic hydroxyl groups excluding tert-OH is 2. The molecule has 52 heavy (non-hydrogen) atoms. The lowest BCUT2D eigenvalue weighted by molar-refractivity contribution is -0.0312. The minimum absolute atomic E-state index is 0.0124. The van der Waals surface area contributed by atoms with Gasteiger partial charge in [0.2, 0.25) is 10.0 Å². The first kappa shape index (κ1) is 38.8. The second-order valence-electron chi connectivity index (χ2n) is 15.3. The fourth-order valence-corrected chi connectivity index (χ4v) is 10.5. The van der Waals surface area contributed by atoms with Gasteiger partial charge in [0.25, 0.3) is 0 Å². The number of hydrogen-bond donors (Lipinski definition) is 4. The summed E-state index contributed by atoms with van der Waals surface area (Å²) in [6.07, 6.45) is 2.77. The van der Waals surface area contributed by atoms with E-state index >= 15 is 0 Å². The number of sulfone groups is 1. The molecule has 3 fully saturated rings. The number of sulfonamides is 1. The van der Waals surface area contributed by atoms with Crippen molar-refractivity contribution in [2.75, 3.05) is 39.5 Å². The highest BCUT2D eigenvalue weighted by atomic mass is 32.2. The summed E-state index contributed by atoms with van der Waals surface area (Å²) in [5.41, 5.74) is 1.99. The highest BCUT2D eigenvalue weighted by molar-refractivity contribution is 7.93. The van der Waals surface area contributed by atoms with Gasteiger partial charge in [0.1, 0.15) is 18.5 Å². The maximum Gasteiger partial charge on any atom is 0.243 e. The molecule has 1 aliphatic carbocycles. The van der Waals surface area contributed by atoms with Gasteiger partial charge < -0.3 is 30.3 Å². The van der Waals surface area contributed by atoms with Crippen molar-refractivity contribution in [2.45, 2.75) is 104 Å². The Morgan fingerprint density at radius 2 is 1.69 bits per heavy atom. The molecule has 3 aromatic carbocycles. The fourth-order valence-electron chi connectivity index (χ4n) is 6.99. The quantitative estimate of drug-likeness (QED) is 0.167. The summed E-state index contributed by atoms with van der Waals surface area (Å²) < 4.78 is 67.1. The van der Waals surface area contributed by atoms with Gasteiger partial charge in [0.15, 0.2) is 9.84 Å². The van der Waals surface area contributed by atoms with Crippen molar-refractivity contribution in [3.8, 4) is 16.9 Å². The smallest absolute Gasteiger partial charge is 0.243 e. The maximum absolute atomic E-state index is 14.3. The highest BCUT2D eigenvalue weighted by Crippen LogP contribution is 2.46. The number of nitrogens with zero attached hydrogens (tertiary/aromatic N) is 1. The van der Waals surface area contributed by atoms with E-state index in [1.165, 1.54) is 12.1 Å². The lowest BCUT2D eigenvalue weighted by Crippen LogP contribution is -2.47. The molecule has 1 saturated carbocycles. The molecule has 2 heterocycles. The SMILES string of the molecule is CCC(C)(C)NCc1ccc(-c2ccccc2)cc1S(=O)(=O)N1CCC2(CC1)CC(NCC(O)COc1cccc(S(=O)(=O)C3(CO)CC3)c1)CO2. The van der Waals surface area contributed by atoms with Gasteiger partial charge in [-0.05, 0) is 93.3 Å². The largest absolute Gasteiger partial charge is 0.491 e. The molecule has 3 aromatic rings. The zero-order valence-electron chi connectivity index (χ0n) is 30.4. The molecule has 2 atom stereocenters. The third kappa shape index (κ3) is 8.42. The summed E-state index contributed by atoms with van der Waals surface area (Å²) >= 11 is 0. The average molecular weight is 756 g/mol. The van der Waals surface area contributed by atoms with Gasteiger partial charge in [-0.2, -0.15) is 4.31 Å². The van der Waals surface area contributed by atoms with E-state index in [0.29, 0.717) is 69.0 Å². The predicted octanol–water partition coefficient (Wildman–Crippen LogP) is 4.27. The van der Waals surface area contributed by atoms with Gasteiger partial charge in [-0.25, -0.2) is 16.8 Å². The topological polar surface area (TPSA) is 154 Å². The molecular formula is C39H53N3O8S2. The first-order valence-corrected chi connectivity index (χ1v) is 21.2. The van der Waals surface area contributed by atoms with E-state index in [-0.39, 0.29) is 29.6 Å². The van der Waals surface area contributed by atoms with Crippen molar-refractivity contribution in [1.29, 1.82) is 0 Å². The molecule has 0 amide bonds. The average Bonchev–Trinajstić information content (AvgIpc) is 3.88. The van der Waals surface area contributed by atoms with Crippen LogP contribution in [-0.4, -0.2) is 98.8 Å². The van der Waals surface area contributed by atoms with E-state index < -0.39 is 42.9 Å². The van der Waals surface area contributed by atoms with Crippen molar-refractivity contribution in [3.05, 3.63) is 78.4 Å². The van der Waals surface area contributed by atoms with Gasteiger partial charge in [-0.3, -0.25) is 0 Å². The van der Waals surface area contributed by atoms with Crippen molar-refractivity contribution < 1.29 is 36.5 Å². The molecule has 284 valence electrons. The minimum Gasteiger partial charge on any atom is -0.491 e. The first-order chi connectivity index (χ1) is 24.7. The Bertz CT molecular complexity index is 1910. The first-order valence-electron chi connectivity index (χ1n) is 18.3. The summed E-state index contributed by atoms with van der Waals surface area (Å²) in [6, 6.07) is 21.7. The maximum atomic E-state index is 14.3. The molecule has 6 rings (SSSR count). The van der Waals surface area contributed by atoms with Crippen LogP contribution >= 0.6 is 0 Å². The number of ether oxygens (including phenoxy) is 2.